The number of isocyanates is 2. The summed E-state index contributed by atoms with van der Waals surface area (Å²) in [6.45, 7) is 6.36. The molecule has 0 rings (SSSR count). The van der Waals surface area contributed by atoms with Gasteiger partial charge in [0, 0.05) is 6.42 Å². The molecule has 0 aromatic carbocycles. The summed E-state index contributed by atoms with van der Waals surface area (Å²) in [5.41, 5.74) is 0.829. The number of hydrogen-bond acceptors (Lipinski definition) is 10. The highest BCUT2D eigenvalue weighted by Crippen LogP contribution is 2.07. The second-order valence-corrected chi connectivity index (χ2v) is 5.83. The first kappa shape index (κ1) is 26.2. The van der Waals surface area contributed by atoms with Crippen molar-refractivity contribution in [3.8, 4) is 0 Å². The van der Waals surface area contributed by atoms with Gasteiger partial charge in [-0.25, -0.2) is 33.9 Å². The van der Waals surface area contributed by atoms with Crippen molar-refractivity contribution in [3.63, 3.8) is 0 Å². The first-order chi connectivity index (χ1) is 14.0. The van der Waals surface area contributed by atoms with E-state index in [4.69, 9.17) is 19.2 Å². The fraction of sp³-hybridized carbons (Fsp3) is 0.667. The summed E-state index contributed by atoms with van der Waals surface area (Å²) in [6.07, 6.45) is 3.85. The maximum Gasteiger partial charge on any atom is 0.407 e. The van der Waals surface area contributed by atoms with Crippen molar-refractivity contribution in [3.05, 3.63) is 12.2 Å². The molecule has 0 fully saturated rings. The Morgan fingerprint density at radius 3 is 2.52 bits per heavy atom. The molecular formula is C18H27N3O8. The van der Waals surface area contributed by atoms with Crippen LogP contribution in [-0.4, -0.2) is 69.8 Å². The molecule has 0 radical (unpaired) electrons. The number of carbonyl (C=O) groups is 2. The van der Waals surface area contributed by atoms with Crippen LogP contribution in [0.4, 0.5) is 4.79 Å². The van der Waals surface area contributed by atoms with E-state index in [1.807, 2.05) is 0 Å². The zero-order chi connectivity index (χ0) is 21.7. The maximum absolute atomic E-state index is 11.9. The number of rotatable bonds is 17. The number of unbranched alkanes of at least 4 members (excludes halogenated alkanes) is 1. The molecule has 0 aliphatic heterocycles. The minimum atomic E-state index is -0.980. The van der Waals surface area contributed by atoms with Crippen LogP contribution in [0.15, 0.2) is 22.1 Å². The van der Waals surface area contributed by atoms with Crippen molar-refractivity contribution in [1.82, 2.24) is 5.32 Å². The molecule has 11 nitrogen and oxygen atoms in total. The van der Waals surface area contributed by atoms with E-state index >= 15 is 0 Å². The van der Waals surface area contributed by atoms with E-state index in [1.54, 1.807) is 6.92 Å². The Morgan fingerprint density at radius 1 is 1.03 bits per heavy atom. The molecule has 0 saturated carbocycles. The van der Waals surface area contributed by atoms with Gasteiger partial charge in [-0.05, 0) is 26.2 Å². The molecule has 1 unspecified atom stereocenters. The Balaban J connectivity index is 3.81. The van der Waals surface area contributed by atoms with Crippen LogP contribution in [0.1, 0.15) is 32.6 Å². The number of carbonyl (C=O) groups excluding carboxylic acids is 4. The van der Waals surface area contributed by atoms with Crippen molar-refractivity contribution in [1.29, 1.82) is 0 Å². The monoisotopic (exact) mass is 413 g/mol. The number of hydrogen-bond donors (Lipinski definition) is 1. The van der Waals surface area contributed by atoms with Crippen LogP contribution < -0.4 is 5.32 Å². The third-order valence-corrected chi connectivity index (χ3v) is 3.15. The summed E-state index contributed by atoms with van der Waals surface area (Å²) in [7, 11) is 0. The second kappa shape index (κ2) is 18.5. The molecule has 0 aromatic heterocycles. The Hall–Kier alpha value is -2.84. The van der Waals surface area contributed by atoms with Gasteiger partial charge < -0.3 is 14.8 Å². The highest BCUT2D eigenvalue weighted by atomic mass is 17.2. The van der Waals surface area contributed by atoms with Gasteiger partial charge in [0.15, 0.2) is 6.04 Å². The van der Waals surface area contributed by atoms with E-state index in [0.717, 1.165) is 5.57 Å². The number of nitrogens with one attached hydrogen (secondary N) is 1. The van der Waals surface area contributed by atoms with Gasteiger partial charge in [-0.15, -0.1) is 0 Å². The summed E-state index contributed by atoms with van der Waals surface area (Å²) in [5.74, 6) is -0.700. The molecule has 1 amide bonds. The van der Waals surface area contributed by atoms with Gasteiger partial charge in [-0.2, -0.15) is 4.99 Å². The van der Waals surface area contributed by atoms with Crippen molar-refractivity contribution in [2.75, 3.05) is 39.5 Å². The molecule has 0 aliphatic rings. The van der Waals surface area contributed by atoms with Gasteiger partial charge in [0.05, 0.1) is 26.3 Å². The number of amides is 1. The predicted molar refractivity (Wildman–Crippen MR) is 100 cm³/mol. The lowest BCUT2D eigenvalue weighted by Crippen LogP contribution is -2.31. The van der Waals surface area contributed by atoms with Gasteiger partial charge >= 0.3 is 12.1 Å². The molecule has 0 heterocycles. The lowest BCUT2D eigenvalue weighted by atomic mass is 10.1. The van der Waals surface area contributed by atoms with Gasteiger partial charge in [0.25, 0.3) is 0 Å². The summed E-state index contributed by atoms with van der Waals surface area (Å²) in [6, 6.07) is -0.980. The minimum absolute atomic E-state index is 0.0361. The minimum Gasteiger partial charge on any atom is -0.462 e. The van der Waals surface area contributed by atoms with Gasteiger partial charge in [0.1, 0.15) is 13.2 Å². The Bertz CT molecular complexity index is 598. The van der Waals surface area contributed by atoms with Crippen molar-refractivity contribution >= 4 is 24.2 Å². The number of ether oxygens (including phenoxy) is 2. The van der Waals surface area contributed by atoms with Crippen LogP contribution >= 0.6 is 0 Å². The lowest BCUT2D eigenvalue weighted by molar-refractivity contribution is -0.288. The van der Waals surface area contributed by atoms with Crippen molar-refractivity contribution in [2.24, 2.45) is 9.98 Å². The van der Waals surface area contributed by atoms with Gasteiger partial charge in [0.2, 0.25) is 12.2 Å². The molecule has 162 valence electrons. The SMILES string of the molecule is C=C(C)COOCCCOC(=O)NCCOC(=O)C(CCCCN=C=O)N=C=O. The first-order valence-corrected chi connectivity index (χ1v) is 9.08. The third kappa shape index (κ3) is 17.0. The van der Waals surface area contributed by atoms with Crippen LogP contribution in [0.5, 0.6) is 0 Å². The number of alkyl carbamates (subject to hydrolysis) is 1. The Labute approximate surface area is 169 Å². The van der Waals surface area contributed by atoms with Gasteiger partial charge in [-0.1, -0.05) is 12.2 Å². The molecular weight excluding hydrogens is 386 g/mol. The van der Waals surface area contributed by atoms with E-state index in [9.17, 15) is 19.2 Å². The number of nitrogens with zero attached hydrogens (tertiary/aromatic N) is 2. The summed E-state index contributed by atoms with van der Waals surface area (Å²) >= 11 is 0. The van der Waals surface area contributed by atoms with E-state index in [2.05, 4.69) is 21.9 Å². The Kier molecular flexibility index (Phi) is 16.7. The van der Waals surface area contributed by atoms with Crippen LogP contribution in [0.2, 0.25) is 0 Å². The van der Waals surface area contributed by atoms with Crippen LogP contribution in [0.3, 0.4) is 0 Å². The molecule has 1 atom stereocenters. The summed E-state index contributed by atoms with van der Waals surface area (Å²) in [4.78, 5) is 60.2. The quantitative estimate of drug-likeness (QED) is 0.0717. The normalized spacial score (nSPS) is 10.8. The van der Waals surface area contributed by atoms with E-state index in [1.165, 1.54) is 12.2 Å². The molecule has 0 bridgehead atoms. The first-order valence-electron chi connectivity index (χ1n) is 9.08. The van der Waals surface area contributed by atoms with Crippen molar-refractivity contribution in [2.45, 2.75) is 38.6 Å². The summed E-state index contributed by atoms with van der Waals surface area (Å²) < 4.78 is 9.86. The topological polar surface area (TPSA) is 142 Å². The standard InChI is InChI=1S/C18H27N3O8/c1-15(2)12-29-28-10-5-9-27-18(25)20-8-11-26-17(24)16(21-14-23)6-3-4-7-19-13-22/h16H,1,3-12H2,2H3,(H,20,25). The molecule has 0 spiro atoms. The van der Waals surface area contributed by atoms with Crippen molar-refractivity contribution < 1.29 is 38.4 Å². The molecule has 1 N–H and O–H groups in total. The molecule has 11 heteroatoms. The average molecular weight is 413 g/mol. The zero-order valence-electron chi connectivity index (χ0n) is 16.5. The summed E-state index contributed by atoms with van der Waals surface area (Å²) in [5, 5.41) is 2.41. The third-order valence-electron chi connectivity index (χ3n) is 3.15. The number of aliphatic imine (C=N–C) groups is 2. The molecule has 29 heavy (non-hydrogen) atoms. The van der Waals surface area contributed by atoms with E-state index in [-0.39, 0.29) is 39.3 Å². The maximum atomic E-state index is 11.9. The Morgan fingerprint density at radius 2 is 1.83 bits per heavy atom. The average Bonchev–Trinajstić information content (AvgIpc) is 2.69. The highest BCUT2D eigenvalue weighted by Gasteiger charge is 2.18. The fourth-order valence-electron chi connectivity index (χ4n) is 1.81. The zero-order valence-corrected chi connectivity index (χ0v) is 16.5. The van der Waals surface area contributed by atoms with Crippen LogP contribution in [0.25, 0.3) is 0 Å². The van der Waals surface area contributed by atoms with E-state index in [0.29, 0.717) is 25.9 Å². The van der Waals surface area contributed by atoms with E-state index < -0.39 is 18.1 Å². The number of esters is 1. The highest BCUT2D eigenvalue weighted by molar-refractivity contribution is 5.77. The largest absolute Gasteiger partial charge is 0.462 e. The lowest BCUT2D eigenvalue weighted by Gasteiger charge is -2.11. The molecule has 0 aliphatic carbocycles. The fourth-order valence-corrected chi connectivity index (χ4v) is 1.81. The molecule has 0 saturated heterocycles. The van der Waals surface area contributed by atoms with Crippen LogP contribution in [-0.2, 0) is 33.6 Å². The predicted octanol–water partition coefficient (Wildman–Crippen LogP) is 1.38. The van der Waals surface area contributed by atoms with Crippen LogP contribution in [0, 0.1) is 0 Å². The van der Waals surface area contributed by atoms with Gasteiger partial charge in [-0.3, -0.25) is 0 Å². The molecule has 0 aromatic rings. The second-order valence-electron chi connectivity index (χ2n) is 5.83. The smallest absolute Gasteiger partial charge is 0.407 e.